The summed E-state index contributed by atoms with van der Waals surface area (Å²) in [6.07, 6.45) is 3.48. The molecule has 4 rings (SSSR count). The number of rotatable bonds is 8. The molecule has 2 aliphatic heterocycles. The van der Waals surface area contributed by atoms with E-state index in [9.17, 15) is 14.4 Å². The Morgan fingerprint density at radius 2 is 2.03 bits per heavy atom. The normalized spacial score (nSPS) is 23.5. The Morgan fingerprint density at radius 3 is 2.73 bits per heavy atom. The van der Waals surface area contributed by atoms with Crippen LogP contribution < -0.4 is 10.6 Å². The van der Waals surface area contributed by atoms with Gasteiger partial charge in [-0.25, -0.2) is 4.79 Å². The number of carbonyl (C=O) groups excluding carboxylic acids is 2. The van der Waals surface area contributed by atoms with Crippen molar-refractivity contribution in [3.8, 4) is 0 Å². The van der Waals surface area contributed by atoms with Crippen molar-refractivity contribution < 1.29 is 23.9 Å². The third kappa shape index (κ3) is 5.43. The van der Waals surface area contributed by atoms with E-state index in [1.807, 2.05) is 13.1 Å². The third-order valence-corrected chi connectivity index (χ3v) is 6.68. The maximum Gasteiger partial charge on any atom is 0.335 e. The van der Waals surface area contributed by atoms with Crippen molar-refractivity contribution in [1.29, 1.82) is 0 Å². The molecule has 33 heavy (non-hydrogen) atoms. The van der Waals surface area contributed by atoms with Crippen LogP contribution in [0.15, 0.2) is 47.1 Å². The summed E-state index contributed by atoms with van der Waals surface area (Å²) in [6.45, 7) is 2.25. The zero-order chi connectivity index (χ0) is 23.4. The molecular weight excluding hydrogens is 424 g/mol. The van der Waals surface area contributed by atoms with Gasteiger partial charge in [-0.2, -0.15) is 0 Å². The fourth-order valence-electron chi connectivity index (χ4n) is 4.80. The van der Waals surface area contributed by atoms with Gasteiger partial charge in [0.05, 0.1) is 18.4 Å². The Balaban J connectivity index is 1.33. The lowest BCUT2D eigenvalue weighted by Gasteiger charge is -2.33. The average molecular weight is 455 g/mol. The highest BCUT2D eigenvalue weighted by Gasteiger charge is 2.44. The molecule has 2 aromatic rings. The third-order valence-electron chi connectivity index (χ3n) is 6.68. The largest absolute Gasteiger partial charge is 0.478 e. The molecule has 2 saturated heterocycles. The number of nitrogens with one attached hydrogen (secondary N) is 2. The lowest BCUT2D eigenvalue weighted by atomic mass is 10.0. The Labute approximate surface area is 192 Å². The van der Waals surface area contributed by atoms with Crippen LogP contribution in [0.1, 0.15) is 40.9 Å². The van der Waals surface area contributed by atoms with Crippen LogP contribution in [0, 0.1) is 0 Å². The molecule has 2 fully saturated rings. The maximum atomic E-state index is 13.0. The summed E-state index contributed by atoms with van der Waals surface area (Å²) < 4.78 is 5.24. The van der Waals surface area contributed by atoms with E-state index in [2.05, 4.69) is 20.4 Å². The fraction of sp³-hybridized carbons (Fsp3) is 0.458. The molecule has 1 aromatic carbocycles. The first kappa shape index (κ1) is 23.0. The highest BCUT2D eigenvalue weighted by atomic mass is 16.4. The minimum absolute atomic E-state index is 0.0104. The fourth-order valence-corrected chi connectivity index (χ4v) is 4.80. The number of furan rings is 1. The average Bonchev–Trinajstić information content (AvgIpc) is 3.45. The van der Waals surface area contributed by atoms with Gasteiger partial charge in [0.2, 0.25) is 11.8 Å². The topological polar surface area (TPSA) is 115 Å². The van der Waals surface area contributed by atoms with E-state index in [1.165, 1.54) is 0 Å². The summed E-state index contributed by atoms with van der Waals surface area (Å²) >= 11 is 0. The smallest absolute Gasteiger partial charge is 0.335 e. The monoisotopic (exact) mass is 454 g/mol. The first-order valence-corrected chi connectivity index (χ1v) is 11.3. The number of aromatic carboxylic acids is 1. The SMILES string of the molecule is CN1[C@@H](CCC(=O)NCc2ccco2)CNC(=O)[C@@H]2[C@@H]1CCN2Cc1ccc(C(=O)O)cc1. The van der Waals surface area contributed by atoms with Crippen LogP contribution in [0.2, 0.25) is 0 Å². The van der Waals surface area contributed by atoms with Gasteiger partial charge in [-0.05, 0) is 49.7 Å². The van der Waals surface area contributed by atoms with Crippen molar-refractivity contribution >= 4 is 17.8 Å². The second-order valence-electron chi connectivity index (χ2n) is 8.73. The number of fused-ring (bicyclic) bond motifs is 1. The number of hydrogen-bond donors (Lipinski definition) is 3. The number of benzene rings is 1. The number of carboxylic acid groups (broad SMARTS) is 1. The van der Waals surface area contributed by atoms with Gasteiger partial charge in [-0.3, -0.25) is 19.4 Å². The molecule has 0 unspecified atom stereocenters. The van der Waals surface area contributed by atoms with Gasteiger partial charge >= 0.3 is 5.97 Å². The molecule has 9 nitrogen and oxygen atoms in total. The minimum atomic E-state index is -0.951. The van der Waals surface area contributed by atoms with Crippen molar-refractivity contribution in [3.63, 3.8) is 0 Å². The summed E-state index contributed by atoms with van der Waals surface area (Å²) in [7, 11) is 2.04. The Morgan fingerprint density at radius 1 is 1.24 bits per heavy atom. The van der Waals surface area contributed by atoms with E-state index < -0.39 is 5.97 Å². The predicted octanol–water partition coefficient (Wildman–Crippen LogP) is 1.45. The van der Waals surface area contributed by atoms with Crippen molar-refractivity contribution in [1.82, 2.24) is 20.4 Å². The molecule has 9 heteroatoms. The number of nitrogens with zero attached hydrogens (tertiary/aromatic N) is 2. The molecular formula is C24H30N4O5. The molecule has 0 bridgehead atoms. The highest BCUT2D eigenvalue weighted by Crippen LogP contribution is 2.28. The van der Waals surface area contributed by atoms with E-state index in [0.29, 0.717) is 38.2 Å². The Bertz CT molecular complexity index is 975. The van der Waals surface area contributed by atoms with Crippen LogP contribution in [0.25, 0.3) is 0 Å². The Kier molecular flexibility index (Phi) is 7.10. The van der Waals surface area contributed by atoms with Crippen LogP contribution in [-0.2, 0) is 22.7 Å². The standard InChI is InChI=1S/C24H30N4O5/c1-27-18(8-9-21(29)25-14-19-3-2-12-33-19)13-26-23(30)22-20(27)10-11-28(22)15-16-4-6-17(7-5-16)24(31)32/h2-7,12,18,20,22H,8-11,13-15H2,1H3,(H,25,29)(H,26,30)(H,31,32)/t18-,20-,22-/m0/s1. The molecule has 3 heterocycles. The maximum absolute atomic E-state index is 13.0. The summed E-state index contributed by atoms with van der Waals surface area (Å²) in [5, 5.41) is 15.0. The minimum Gasteiger partial charge on any atom is -0.478 e. The van der Waals surface area contributed by atoms with E-state index in [4.69, 9.17) is 9.52 Å². The van der Waals surface area contributed by atoms with Crippen molar-refractivity contribution in [2.75, 3.05) is 20.1 Å². The first-order chi connectivity index (χ1) is 15.9. The molecule has 1 aromatic heterocycles. The lowest BCUT2D eigenvalue weighted by molar-refractivity contribution is -0.126. The van der Waals surface area contributed by atoms with E-state index in [-0.39, 0.29) is 35.5 Å². The van der Waals surface area contributed by atoms with Crippen LogP contribution >= 0.6 is 0 Å². The first-order valence-electron chi connectivity index (χ1n) is 11.3. The van der Waals surface area contributed by atoms with Gasteiger partial charge < -0.3 is 20.2 Å². The zero-order valence-corrected chi connectivity index (χ0v) is 18.7. The predicted molar refractivity (Wildman–Crippen MR) is 120 cm³/mol. The number of likely N-dealkylation sites (tertiary alicyclic amines) is 1. The zero-order valence-electron chi connectivity index (χ0n) is 18.7. The molecule has 0 saturated carbocycles. The second-order valence-corrected chi connectivity index (χ2v) is 8.73. The molecule has 0 radical (unpaired) electrons. The summed E-state index contributed by atoms with van der Waals surface area (Å²) in [4.78, 5) is 40.7. The highest BCUT2D eigenvalue weighted by molar-refractivity contribution is 5.87. The quantitative estimate of drug-likeness (QED) is 0.553. The van der Waals surface area contributed by atoms with Crippen molar-refractivity contribution in [2.45, 2.75) is 50.5 Å². The molecule has 2 amide bonds. The van der Waals surface area contributed by atoms with Crippen molar-refractivity contribution in [2.24, 2.45) is 0 Å². The molecule has 3 N–H and O–H groups in total. The van der Waals surface area contributed by atoms with Gasteiger partial charge in [0.1, 0.15) is 11.8 Å². The number of carbonyl (C=O) groups is 3. The van der Waals surface area contributed by atoms with Crippen LogP contribution in [-0.4, -0.2) is 71.0 Å². The number of carboxylic acids is 1. The van der Waals surface area contributed by atoms with Crippen LogP contribution in [0.5, 0.6) is 0 Å². The van der Waals surface area contributed by atoms with Gasteiger partial charge in [-0.1, -0.05) is 12.1 Å². The summed E-state index contributed by atoms with van der Waals surface area (Å²) in [5.74, 6) is -0.261. The number of hydrogen-bond acceptors (Lipinski definition) is 6. The van der Waals surface area contributed by atoms with E-state index in [1.54, 1.807) is 36.6 Å². The van der Waals surface area contributed by atoms with Gasteiger partial charge in [0.25, 0.3) is 0 Å². The van der Waals surface area contributed by atoms with Gasteiger partial charge in [0.15, 0.2) is 0 Å². The molecule has 176 valence electrons. The number of likely N-dealkylation sites (N-methyl/N-ethyl adjacent to an activating group) is 1. The van der Waals surface area contributed by atoms with Crippen molar-refractivity contribution in [3.05, 3.63) is 59.5 Å². The van der Waals surface area contributed by atoms with Crippen LogP contribution in [0.3, 0.4) is 0 Å². The van der Waals surface area contributed by atoms with E-state index in [0.717, 1.165) is 18.5 Å². The molecule has 0 aliphatic carbocycles. The number of amides is 2. The molecule has 0 spiro atoms. The summed E-state index contributed by atoms with van der Waals surface area (Å²) in [6, 6.07) is 10.3. The summed E-state index contributed by atoms with van der Waals surface area (Å²) in [5.41, 5.74) is 1.23. The van der Waals surface area contributed by atoms with E-state index >= 15 is 0 Å². The second kappa shape index (κ2) is 10.2. The lowest BCUT2D eigenvalue weighted by Crippen LogP contribution is -2.49. The molecule has 2 aliphatic rings. The Hall–Kier alpha value is -3.17. The van der Waals surface area contributed by atoms with Gasteiger partial charge in [-0.15, -0.1) is 0 Å². The van der Waals surface area contributed by atoms with Crippen LogP contribution in [0.4, 0.5) is 0 Å². The van der Waals surface area contributed by atoms with Gasteiger partial charge in [0, 0.05) is 38.1 Å². The molecule has 3 atom stereocenters.